The van der Waals surface area contributed by atoms with Crippen molar-refractivity contribution in [3.05, 3.63) is 101 Å². The van der Waals surface area contributed by atoms with Gasteiger partial charge >= 0.3 is 0 Å². The molecule has 0 saturated carbocycles. The number of hydrogen-bond acceptors (Lipinski definition) is 6. The quantitative estimate of drug-likeness (QED) is 0.227. The van der Waals surface area contributed by atoms with Gasteiger partial charge in [0.15, 0.2) is 0 Å². The summed E-state index contributed by atoms with van der Waals surface area (Å²) in [4.78, 5) is -0.437. The van der Waals surface area contributed by atoms with Crippen LogP contribution >= 0.6 is 11.6 Å². The van der Waals surface area contributed by atoms with Crippen molar-refractivity contribution in [2.24, 2.45) is 11.8 Å². The SMILES string of the molecule is CC1CC(C)CN(S(=O)(=O)c2cccc(-c3nn(-c4ccccc4)cc3/C=C(/C#N)S(=O)(=O)c3ccc(Cl)cc3)c2)C1. The van der Waals surface area contributed by atoms with Crippen LogP contribution in [-0.4, -0.2) is 44.0 Å². The second-order valence-electron chi connectivity index (χ2n) is 10.6. The Hall–Kier alpha value is -3.75. The van der Waals surface area contributed by atoms with Crippen LogP contribution in [0.4, 0.5) is 0 Å². The maximum absolute atomic E-state index is 13.7. The Morgan fingerprint density at radius 1 is 0.929 bits per heavy atom. The maximum atomic E-state index is 13.7. The summed E-state index contributed by atoms with van der Waals surface area (Å²) in [5.41, 5.74) is 1.84. The molecule has 8 nitrogen and oxygen atoms in total. The number of halogens is 1. The summed E-state index contributed by atoms with van der Waals surface area (Å²) >= 11 is 5.93. The first-order valence-corrected chi connectivity index (χ1v) is 16.7. The van der Waals surface area contributed by atoms with Gasteiger partial charge in [0.25, 0.3) is 0 Å². The van der Waals surface area contributed by atoms with Crippen molar-refractivity contribution in [1.82, 2.24) is 14.1 Å². The third-order valence-electron chi connectivity index (χ3n) is 7.15. The molecule has 1 aliphatic heterocycles. The molecule has 1 fully saturated rings. The molecule has 5 rings (SSSR count). The maximum Gasteiger partial charge on any atom is 0.243 e. The zero-order valence-corrected chi connectivity index (χ0v) is 25.4. The lowest BCUT2D eigenvalue weighted by Gasteiger charge is -2.34. The van der Waals surface area contributed by atoms with Gasteiger partial charge in [0.2, 0.25) is 19.9 Å². The Balaban J connectivity index is 1.63. The standard InChI is InChI=1S/C31H29ClN4O4S2/c1-22-15-23(2)20-35(19-22)42(39,40)29-10-6-7-24(16-29)31-25(21-36(34-31)27-8-4-3-5-9-27)17-30(18-33)41(37,38)28-13-11-26(32)12-14-28/h3-14,16-17,21-23H,15,19-20H2,1-2H3/b30-17-. The number of nitriles is 1. The van der Waals surface area contributed by atoms with E-state index in [0.717, 1.165) is 6.42 Å². The Kier molecular flexibility index (Phi) is 8.39. The van der Waals surface area contributed by atoms with Gasteiger partial charge in [-0.1, -0.05) is 55.8 Å². The third kappa shape index (κ3) is 6.05. The fraction of sp³-hybridized carbons (Fsp3) is 0.226. The molecule has 2 heterocycles. The highest BCUT2D eigenvalue weighted by atomic mass is 35.5. The predicted molar refractivity (Wildman–Crippen MR) is 163 cm³/mol. The molecule has 0 aliphatic carbocycles. The number of sulfonamides is 1. The number of piperidine rings is 1. The molecule has 4 aromatic rings. The van der Waals surface area contributed by atoms with Crippen molar-refractivity contribution in [3.8, 4) is 23.0 Å². The molecule has 216 valence electrons. The van der Waals surface area contributed by atoms with Gasteiger partial charge in [0.05, 0.1) is 15.5 Å². The number of nitrogens with zero attached hydrogens (tertiary/aromatic N) is 4. The largest absolute Gasteiger partial charge is 0.243 e. The molecule has 11 heteroatoms. The second-order valence-corrected chi connectivity index (χ2v) is 14.9. The molecule has 1 saturated heterocycles. The zero-order chi connectivity index (χ0) is 30.1. The van der Waals surface area contributed by atoms with Crippen molar-refractivity contribution in [2.75, 3.05) is 13.1 Å². The van der Waals surface area contributed by atoms with Gasteiger partial charge in [-0.3, -0.25) is 0 Å². The molecule has 2 atom stereocenters. The van der Waals surface area contributed by atoms with Gasteiger partial charge in [-0.2, -0.15) is 14.7 Å². The van der Waals surface area contributed by atoms with E-state index in [-0.39, 0.29) is 21.6 Å². The van der Waals surface area contributed by atoms with Crippen LogP contribution in [0.25, 0.3) is 23.0 Å². The van der Waals surface area contributed by atoms with E-state index in [2.05, 4.69) is 0 Å². The molecule has 0 radical (unpaired) electrons. The molecular weight excluding hydrogens is 592 g/mol. The van der Waals surface area contributed by atoms with Crippen molar-refractivity contribution in [3.63, 3.8) is 0 Å². The summed E-state index contributed by atoms with van der Waals surface area (Å²) in [5, 5.41) is 15.0. The van der Waals surface area contributed by atoms with Crippen LogP contribution in [-0.2, 0) is 19.9 Å². The highest BCUT2D eigenvalue weighted by molar-refractivity contribution is 7.95. The number of aromatic nitrogens is 2. The molecule has 0 N–H and O–H groups in total. The van der Waals surface area contributed by atoms with Crippen LogP contribution in [0.1, 0.15) is 25.8 Å². The van der Waals surface area contributed by atoms with E-state index >= 15 is 0 Å². The van der Waals surface area contributed by atoms with Crippen LogP contribution < -0.4 is 0 Å². The number of hydrogen-bond donors (Lipinski definition) is 0. The van der Waals surface area contributed by atoms with Gasteiger partial charge in [-0.05, 0) is 72.9 Å². The molecule has 0 amide bonds. The Labute approximate surface area is 251 Å². The topological polar surface area (TPSA) is 113 Å². The lowest BCUT2D eigenvalue weighted by molar-refractivity contribution is 0.222. The fourth-order valence-corrected chi connectivity index (χ4v) is 8.24. The summed E-state index contributed by atoms with van der Waals surface area (Å²) in [5.74, 6) is 0.494. The smallest absolute Gasteiger partial charge is 0.240 e. The normalized spacial score (nSPS) is 18.5. The zero-order valence-electron chi connectivity index (χ0n) is 23.1. The molecule has 1 aromatic heterocycles. The van der Waals surface area contributed by atoms with Crippen molar-refractivity contribution < 1.29 is 16.8 Å². The first-order chi connectivity index (χ1) is 20.0. The second kappa shape index (κ2) is 11.9. The summed E-state index contributed by atoms with van der Waals surface area (Å²) in [6.45, 7) is 4.99. The minimum atomic E-state index is -4.18. The van der Waals surface area contributed by atoms with E-state index < -0.39 is 24.8 Å². The average molecular weight is 621 g/mol. The number of rotatable bonds is 7. The van der Waals surface area contributed by atoms with Crippen LogP contribution in [0.2, 0.25) is 5.02 Å². The van der Waals surface area contributed by atoms with Crippen LogP contribution in [0.15, 0.2) is 99.8 Å². The van der Waals surface area contributed by atoms with E-state index in [4.69, 9.17) is 16.7 Å². The van der Waals surface area contributed by atoms with Gasteiger partial charge in [0.1, 0.15) is 16.7 Å². The summed E-state index contributed by atoms with van der Waals surface area (Å²) < 4.78 is 57.2. The highest BCUT2D eigenvalue weighted by Gasteiger charge is 2.32. The first-order valence-electron chi connectivity index (χ1n) is 13.4. The monoisotopic (exact) mass is 620 g/mol. The lowest BCUT2D eigenvalue weighted by atomic mass is 9.94. The summed E-state index contributed by atoms with van der Waals surface area (Å²) in [6.07, 6.45) is 3.86. The minimum absolute atomic E-state index is 0.0743. The van der Waals surface area contributed by atoms with Gasteiger partial charge in [-0.15, -0.1) is 0 Å². The van der Waals surface area contributed by atoms with Gasteiger partial charge < -0.3 is 0 Å². The molecule has 42 heavy (non-hydrogen) atoms. The van der Waals surface area contributed by atoms with Crippen molar-refractivity contribution >= 4 is 37.5 Å². The van der Waals surface area contributed by atoms with E-state index in [0.29, 0.717) is 40.6 Å². The van der Waals surface area contributed by atoms with Gasteiger partial charge in [0, 0.05) is 35.4 Å². The molecular formula is C31H29ClN4O4S2. The van der Waals surface area contributed by atoms with Gasteiger partial charge in [-0.25, -0.2) is 21.5 Å². The van der Waals surface area contributed by atoms with Crippen LogP contribution in [0.5, 0.6) is 0 Å². The molecule has 0 bridgehead atoms. The van der Waals surface area contributed by atoms with Crippen LogP contribution in [0.3, 0.4) is 0 Å². The molecule has 3 aromatic carbocycles. The third-order valence-corrected chi connectivity index (χ3v) is 10.9. The number of para-hydroxylation sites is 1. The lowest BCUT2D eigenvalue weighted by Crippen LogP contribution is -2.42. The number of benzene rings is 3. The van der Waals surface area contributed by atoms with E-state index in [1.165, 1.54) is 34.6 Å². The number of allylic oxidation sites excluding steroid dienone is 1. The Morgan fingerprint density at radius 2 is 1.60 bits per heavy atom. The molecule has 0 spiro atoms. The first kappa shape index (κ1) is 29.7. The molecule has 2 unspecified atom stereocenters. The van der Waals surface area contributed by atoms with Crippen molar-refractivity contribution in [1.29, 1.82) is 5.26 Å². The summed E-state index contributed by atoms with van der Waals surface area (Å²) in [6, 6.07) is 23.1. The van der Waals surface area contributed by atoms with Crippen molar-refractivity contribution in [2.45, 2.75) is 30.1 Å². The predicted octanol–water partition coefficient (Wildman–Crippen LogP) is 6.20. The minimum Gasteiger partial charge on any atom is -0.240 e. The van der Waals surface area contributed by atoms with E-state index in [9.17, 15) is 22.1 Å². The van der Waals surface area contributed by atoms with Crippen LogP contribution in [0, 0.1) is 23.2 Å². The highest BCUT2D eigenvalue weighted by Crippen LogP contribution is 2.32. The fourth-order valence-electron chi connectivity index (χ4n) is 5.24. The Bertz CT molecular complexity index is 1890. The average Bonchev–Trinajstić information content (AvgIpc) is 3.40. The Morgan fingerprint density at radius 3 is 2.24 bits per heavy atom. The molecule has 1 aliphatic rings. The summed E-state index contributed by atoms with van der Waals surface area (Å²) in [7, 11) is -7.96. The van der Waals surface area contributed by atoms with E-state index in [1.807, 2.05) is 50.2 Å². The number of sulfone groups is 1. The van der Waals surface area contributed by atoms with E-state index in [1.54, 1.807) is 35.1 Å².